The fraction of sp³-hybridized carbons (Fsp3) is 0.556. The Hall–Kier alpha value is -2.79. The zero-order chi connectivity index (χ0) is 21.6. The van der Waals surface area contributed by atoms with E-state index in [1.807, 2.05) is 0 Å². The third kappa shape index (κ3) is 3.70. The van der Waals surface area contributed by atoms with E-state index in [4.69, 9.17) is 0 Å². The molecule has 2 aliphatic rings. The van der Waals surface area contributed by atoms with Gasteiger partial charge in [-0.05, 0) is 24.5 Å². The van der Waals surface area contributed by atoms with Crippen LogP contribution in [0, 0.1) is 0 Å². The monoisotopic (exact) mass is 431 g/mol. The molecule has 12 heteroatoms. The molecular formula is C18H18F5N5O2. The maximum Gasteiger partial charge on any atom is 0.417 e. The Balaban J connectivity index is 1.61. The van der Waals surface area contributed by atoms with Gasteiger partial charge in [0, 0.05) is 18.8 Å². The number of aryl methyl sites for hydroxylation is 1. The van der Waals surface area contributed by atoms with E-state index < -0.39 is 41.7 Å². The first-order chi connectivity index (χ1) is 14.1. The first kappa shape index (κ1) is 20.5. The third-order valence-corrected chi connectivity index (χ3v) is 5.36. The van der Waals surface area contributed by atoms with Gasteiger partial charge in [0.1, 0.15) is 11.9 Å². The van der Waals surface area contributed by atoms with Crippen molar-refractivity contribution in [1.82, 2.24) is 24.2 Å². The number of rotatable bonds is 3. The molecule has 3 atom stereocenters. The summed E-state index contributed by atoms with van der Waals surface area (Å²) in [6.45, 7) is -0.991. The van der Waals surface area contributed by atoms with Crippen LogP contribution in [0.25, 0.3) is 0 Å². The van der Waals surface area contributed by atoms with Crippen molar-refractivity contribution in [2.75, 3.05) is 13.1 Å². The Morgan fingerprint density at radius 1 is 1.17 bits per heavy atom. The Morgan fingerprint density at radius 2 is 1.87 bits per heavy atom. The number of fused-ring (bicyclic) bond motifs is 1. The molecule has 2 aromatic heterocycles. The third-order valence-electron chi connectivity index (χ3n) is 5.36. The lowest BCUT2D eigenvalue weighted by Crippen LogP contribution is -2.42. The van der Waals surface area contributed by atoms with Crippen LogP contribution in [0.3, 0.4) is 0 Å². The molecule has 0 bridgehead atoms. The Bertz CT molecular complexity index is 1010. The maximum atomic E-state index is 13.5. The molecule has 2 aromatic rings. The average molecular weight is 431 g/mol. The predicted octanol–water partition coefficient (Wildman–Crippen LogP) is 1.90. The molecular weight excluding hydrogens is 413 g/mol. The van der Waals surface area contributed by atoms with Crippen LogP contribution in [0.2, 0.25) is 0 Å². The predicted molar refractivity (Wildman–Crippen MR) is 93.2 cm³/mol. The SMILES string of the molecule is O=C(C1CCCc2nn(Cc3cncc(C(F)(F)F)c3)c(=O)n21)N1CC(F)C(F)C1. The van der Waals surface area contributed by atoms with Crippen LogP contribution < -0.4 is 5.69 Å². The number of halogens is 5. The molecule has 2 aliphatic heterocycles. The zero-order valence-electron chi connectivity index (χ0n) is 15.6. The summed E-state index contributed by atoms with van der Waals surface area (Å²) in [5.74, 6) is -0.238. The quantitative estimate of drug-likeness (QED) is 0.696. The summed E-state index contributed by atoms with van der Waals surface area (Å²) in [5.41, 5.74) is -1.47. The van der Waals surface area contributed by atoms with Crippen molar-refractivity contribution in [3.8, 4) is 0 Å². The first-order valence-electron chi connectivity index (χ1n) is 9.41. The summed E-state index contributed by atoms with van der Waals surface area (Å²) in [5, 5.41) is 4.17. The van der Waals surface area contributed by atoms with Crippen molar-refractivity contribution in [2.45, 2.75) is 50.4 Å². The van der Waals surface area contributed by atoms with E-state index in [0.717, 1.165) is 15.6 Å². The van der Waals surface area contributed by atoms with E-state index in [1.165, 1.54) is 10.8 Å². The van der Waals surface area contributed by atoms with Crippen LogP contribution in [0.5, 0.6) is 0 Å². The number of likely N-dealkylation sites (tertiary alicyclic amines) is 1. The first-order valence-corrected chi connectivity index (χ1v) is 9.41. The minimum Gasteiger partial charge on any atom is -0.335 e. The second-order valence-corrected chi connectivity index (χ2v) is 7.49. The molecule has 4 heterocycles. The van der Waals surface area contributed by atoms with E-state index in [2.05, 4.69) is 10.1 Å². The summed E-state index contributed by atoms with van der Waals surface area (Å²) >= 11 is 0. The summed E-state index contributed by atoms with van der Waals surface area (Å²) < 4.78 is 67.8. The second kappa shape index (κ2) is 7.47. The number of amides is 1. The largest absolute Gasteiger partial charge is 0.417 e. The van der Waals surface area contributed by atoms with Crippen molar-refractivity contribution in [2.24, 2.45) is 0 Å². The van der Waals surface area contributed by atoms with Gasteiger partial charge in [-0.25, -0.2) is 18.3 Å². The minimum atomic E-state index is -4.57. The van der Waals surface area contributed by atoms with Gasteiger partial charge in [0.15, 0.2) is 12.3 Å². The molecule has 0 spiro atoms. The molecule has 1 amide bonds. The molecule has 0 radical (unpaired) electrons. The lowest BCUT2D eigenvalue weighted by atomic mass is 10.0. The van der Waals surface area contributed by atoms with Crippen molar-refractivity contribution < 1.29 is 26.7 Å². The van der Waals surface area contributed by atoms with Crippen LogP contribution in [-0.4, -0.2) is 55.6 Å². The van der Waals surface area contributed by atoms with E-state index >= 15 is 0 Å². The van der Waals surface area contributed by atoms with Gasteiger partial charge in [-0.1, -0.05) is 0 Å². The molecule has 4 rings (SSSR count). The molecule has 7 nitrogen and oxygen atoms in total. The van der Waals surface area contributed by atoms with Crippen molar-refractivity contribution in [1.29, 1.82) is 0 Å². The van der Waals surface area contributed by atoms with Gasteiger partial charge in [-0.3, -0.25) is 14.3 Å². The number of alkyl halides is 5. The van der Waals surface area contributed by atoms with Crippen LogP contribution in [0.15, 0.2) is 23.3 Å². The van der Waals surface area contributed by atoms with Crippen LogP contribution in [0.1, 0.15) is 35.8 Å². The number of pyridine rings is 1. The van der Waals surface area contributed by atoms with Gasteiger partial charge in [0.2, 0.25) is 5.91 Å². The molecule has 0 saturated carbocycles. The summed E-state index contributed by atoms with van der Waals surface area (Å²) in [7, 11) is 0. The van der Waals surface area contributed by atoms with Gasteiger partial charge < -0.3 is 4.90 Å². The van der Waals surface area contributed by atoms with Crippen LogP contribution in [-0.2, 0) is 23.9 Å². The van der Waals surface area contributed by atoms with Crippen molar-refractivity contribution in [3.63, 3.8) is 0 Å². The Morgan fingerprint density at radius 3 is 2.53 bits per heavy atom. The normalized spacial score (nSPS) is 24.2. The number of hydrogen-bond acceptors (Lipinski definition) is 4. The van der Waals surface area contributed by atoms with Crippen molar-refractivity contribution in [3.05, 3.63) is 45.9 Å². The topological polar surface area (TPSA) is 73.0 Å². The lowest BCUT2D eigenvalue weighted by Gasteiger charge is -2.26. The molecule has 0 N–H and O–H groups in total. The van der Waals surface area contributed by atoms with Gasteiger partial charge in [-0.2, -0.15) is 18.3 Å². The number of hydrogen-bond donors (Lipinski definition) is 0. The highest BCUT2D eigenvalue weighted by Gasteiger charge is 2.40. The zero-order valence-corrected chi connectivity index (χ0v) is 15.6. The molecule has 1 saturated heterocycles. The molecule has 0 aromatic carbocycles. The number of carbonyl (C=O) groups excluding carboxylic acids is 1. The average Bonchev–Trinajstić information content (AvgIpc) is 3.20. The molecule has 0 aliphatic carbocycles. The molecule has 1 fully saturated rings. The Kier molecular flexibility index (Phi) is 5.10. The molecule has 162 valence electrons. The van der Waals surface area contributed by atoms with E-state index in [0.29, 0.717) is 31.3 Å². The number of aromatic nitrogens is 4. The summed E-state index contributed by atoms with van der Waals surface area (Å²) in [6.07, 6.45) is -4.94. The molecule has 3 unspecified atom stereocenters. The van der Waals surface area contributed by atoms with E-state index in [9.17, 15) is 31.5 Å². The van der Waals surface area contributed by atoms with Crippen LogP contribution >= 0.6 is 0 Å². The maximum absolute atomic E-state index is 13.5. The second-order valence-electron chi connectivity index (χ2n) is 7.49. The smallest absolute Gasteiger partial charge is 0.335 e. The van der Waals surface area contributed by atoms with Crippen molar-refractivity contribution >= 4 is 5.91 Å². The molecule has 30 heavy (non-hydrogen) atoms. The number of nitrogens with zero attached hydrogens (tertiary/aromatic N) is 5. The van der Waals surface area contributed by atoms with E-state index in [-0.39, 0.29) is 25.2 Å². The fourth-order valence-electron chi connectivity index (χ4n) is 3.89. The standard InChI is InChI=1S/C18H18F5N5O2/c19-12-8-26(9-13(12)20)16(29)14-2-1-3-15-25-27(17(30)28(14)15)7-10-4-11(6-24-5-10)18(21,22)23/h4-6,12-14H,1-3,7-9H2. The van der Waals surface area contributed by atoms with Crippen LogP contribution in [0.4, 0.5) is 22.0 Å². The Labute approximate surface area is 167 Å². The van der Waals surface area contributed by atoms with Gasteiger partial charge in [0.25, 0.3) is 0 Å². The minimum absolute atomic E-state index is 0.130. The van der Waals surface area contributed by atoms with E-state index in [1.54, 1.807) is 0 Å². The lowest BCUT2D eigenvalue weighted by molar-refractivity contribution is -0.138. The highest BCUT2D eigenvalue weighted by Crippen LogP contribution is 2.29. The summed E-state index contributed by atoms with van der Waals surface area (Å²) in [4.78, 5) is 30.3. The highest BCUT2D eigenvalue weighted by molar-refractivity contribution is 5.81. The summed E-state index contributed by atoms with van der Waals surface area (Å²) in [6, 6.07) is -0.0555. The fourth-order valence-corrected chi connectivity index (χ4v) is 3.89. The van der Waals surface area contributed by atoms with Gasteiger partial charge in [-0.15, -0.1) is 0 Å². The van der Waals surface area contributed by atoms with Gasteiger partial charge in [0.05, 0.1) is 25.2 Å². The van der Waals surface area contributed by atoms with Gasteiger partial charge >= 0.3 is 11.9 Å². The number of carbonyl (C=O) groups is 1. The highest BCUT2D eigenvalue weighted by atomic mass is 19.4.